The van der Waals surface area contributed by atoms with Crippen LogP contribution in [0, 0.1) is 5.82 Å². The number of aromatic nitrogens is 2. The molecule has 106 valence electrons. The van der Waals surface area contributed by atoms with E-state index in [-0.39, 0.29) is 5.82 Å². The van der Waals surface area contributed by atoms with E-state index in [4.69, 9.17) is 0 Å². The van der Waals surface area contributed by atoms with Crippen LogP contribution in [0.4, 0.5) is 10.1 Å². The Morgan fingerprint density at radius 3 is 2.67 bits per heavy atom. The summed E-state index contributed by atoms with van der Waals surface area (Å²) < 4.78 is 15.9. The molecular formula is C16H13BrFN3. The minimum Gasteiger partial charge on any atom is -0.380 e. The van der Waals surface area contributed by atoms with Crippen LogP contribution < -0.4 is 5.32 Å². The highest BCUT2D eigenvalue weighted by Crippen LogP contribution is 2.23. The molecule has 0 unspecified atom stereocenters. The molecule has 0 fully saturated rings. The van der Waals surface area contributed by atoms with Crippen molar-refractivity contribution in [3.63, 3.8) is 0 Å². The minimum absolute atomic E-state index is 0.255. The third kappa shape index (κ3) is 3.31. The van der Waals surface area contributed by atoms with Crippen LogP contribution in [0.5, 0.6) is 0 Å². The van der Waals surface area contributed by atoms with Gasteiger partial charge in [-0.25, -0.2) is 9.07 Å². The smallest absolute Gasteiger partial charge is 0.125 e. The summed E-state index contributed by atoms with van der Waals surface area (Å²) in [6.45, 7) is 0.626. The molecule has 3 aromatic rings. The fourth-order valence-electron chi connectivity index (χ4n) is 2.02. The van der Waals surface area contributed by atoms with Gasteiger partial charge in [0.15, 0.2) is 0 Å². The Balaban J connectivity index is 1.70. The summed E-state index contributed by atoms with van der Waals surface area (Å²) in [6, 6.07) is 14.5. The van der Waals surface area contributed by atoms with Crippen molar-refractivity contribution in [3.8, 4) is 5.69 Å². The van der Waals surface area contributed by atoms with E-state index in [9.17, 15) is 4.39 Å². The van der Waals surface area contributed by atoms with E-state index < -0.39 is 0 Å². The van der Waals surface area contributed by atoms with Gasteiger partial charge in [-0.05, 0) is 57.9 Å². The maximum absolute atomic E-state index is 13.2. The third-order valence-corrected chi connectivity index (χ3v) is 3.81. The van der Waals surface area contributed by atoms with Crippen LogP contribution in [0.2, 0.25) is 0 Å². The normalized spacial score (nSPS) is 10.6. The van der Waals surface area contributed by atoms with Gasteiger partial charge in [0.05, 0.1) is 11.4 Å². The topological polar surface area (TPSA) is 29.9 Å². The molecule has 0 saturated heterocycles. The first kappa shape index (κ1) is 13.8. The highest BCUT2D eigenvalue weighted by molar-refractivity contribution is 9.10. The standard InChI is InChI=1S/C16H13BrFN3/c17-15-7-4-13(18)10-16(15)19-11-12-2-5-14(6-3-12)21-9-1-8-20-21/h1-10,19H,11H2. The number of hydrogen-bond donors (Lipinski definition) is 1. The number of nitrogens with one attached hydrogen (secondary N) is 1. The van der Waals surface area contributed by atoms with Crippen molar-refractivity contribution < 1.29 is 4.39 Å². The first-order valence-electron chi connectivity index (χ1n) is 6.50. The predicted octanol–water partition coefficient (Wildman–Crippen LogP) is 4.39. The fourth-order valence-corrected chi connectivity index (χ4v) is 2.41. The highest BCUT2D eigenvalue weighted by Gasteiger charge is 2.02. The number of rotatable bonds is 4. The zero-order chi connectivity index (χ0) is 14.7. The van der Waals surface area contributed by atoms with Crippen molar-refractivity contribution in [3.05, 3.63) is 76.8 Å². The molecule has 5 heteroatoms. The van der Waals surface area contributed by atoms with Gasteiger partial charge < -0.3 is 5.32 Å². The SMILES string of the molecule is Fc1ccc(Br)c(NCc2ccc(-n3cccn3)cc2)c1. The Bertz CT molecular complexity index is 724. The minimum atomic E-state index is -0.255. The molecule has 0 atom stereocenters. The summed E-state index contributed by atoms with van der Waals surface area (Å²) in [5, 5.41) is 7.40. The second-order valence-electron chi connectivity index (χ2n) is 4.59. The molecule has 0 spiro atoms. The largest absolute Gasteiger partial charge is 0.380 e. The number of benzene rings is 2. The van der Waals surface area contributed by atoms with E-state index in [1.165, 1.54) is 12.1 Å². The summed E-state index contributed by atoms with van der Waals surface area (Å²) in [4.78, 5) is 0. The Kier molecular flexibility index (Phi) is 4.01. The Hall–Kier alpha value is -2.14. The molecule has 0 aliphatic carbocycles. The molecule has 2 aromatic carbocycles. The molecule has 0 aliphatic rings. The van der Waals surface area contributed by atoms with Crippen LogP contribution in [0.25, 0.3) is 5.69 Å². The van der Waals surface area contributed by atoms with Gasteiger partial charge in [-0.15, -0.1) is 0 Å². The van der Waals surface area contributed by atoms with Gasteiger partial charge in [0.25, 0.3) is 0 Å². The van der Waals surface area contributed by atoms with Gasteiger partial charge in [0.1, 0.15) is 5.82 Å². The number of hydrogen-bond acceptors (Lipinski definition) is 2. The van der Waals surface area contributed by atoms with Crippen molar-refractivity contribution in [1.82, 2.24) is 9.78 Å². The van der Waals surface area contributed by atoms with E-state index in [1.54, 1.807) is 16.9 Å². The third-order valence-electron chi connectivity index (χ3n) is 3.12. The Morgan fingerprint density at radius 2 is 1.95 bits per heavy atom. The lowest BCUT2D eigenvalue weighted by molar-refractivity contribution is 0.628. The fraction of sp³-hybridized carbons (Fsp3) is 0.0625. The molecule has 0 amide bonds. The summed E-state index contributed by atoms with van der Waals surface area (Å²) in [5.41, 5.74) is 2.86. The van der Waals surface area contributed by atoms with Gasteiger partial charge >= 0.3 is 0 Å². The average Bonchev–Trinajstić information content (AvgIpc) is 3.03. The molecule has 0 aliphatic heterocycles. The van der Waals surface area contributed by atoms with E-state index in [0.29, 0.717) is 6.54 Å². The lowest BCUT2D eigenvalue weighted by Crippen LogP contribution is -2.01. The first-order valence-corrected chi connectivity index (χ1v) is 7.29. The zero-order valence-electron chi connectivity index (χ0n) is 11.1. The van der Waals surface area contributed by atoms with Gasteiger partial charge in [0, 0.05) is 23.4 Å². The number of nitrogens with zero attached hydrogens (tertiary/aromatic N) is 2. The second-order valence-corrected chi connectivity index (χ2v) is 5.45. The van der Waals surface area contributed by atoms with Gasteiger partial charge in [-0.2, -0.15) is 5.10 Å². The van der Waals surface area contributed by atoms with Crippen molar-refractivity contribution >= 4 is 21.6 Å². The van der Waals surface area contributed by atoms with Crippen LogP contribution in [0.15, 0.2) is 65.4 Å². The van der Waals surface area contributed by atoms with Gasteiger partial charge in [-0.1, -0.05) is 12.1 Å². The molecule has 3 rings (SSSR count). The summed E-state index contributed by atoms with van der Waals surface area (Å²) in [6.07, 6.45) is 3.65. The van der Waals surface area contributed by atoms with E-state index in [2.05, 4.69) is 26.3 Å². The molecule has 1 aromatic heterocycles. The van der Waals surface area contributed by atoms with Gasteiger partial charge in [0.2, 0.25) is 0 Å². The van der Waals surface area contributed by atoms with Crippen molar-refractivity contribution in [2.24, 2.45) is 0 Å². The Morgan fingerprint density at radius 1 is 1.14 bits per heavy atom. The zero-order valence-corrected chi connectivity index (χ0v) is 12.7. The molecule has 0 radical (unpaired) electrons. The summed E-state index contributed by atoms with van der Waals surface area (Å²) in [7, 11) is 0. The number of halogens is 2. The second kappa shape index (κ2) is 6.10. The van der Waals surface area contributed by atoms with Crippen LogP contribution in [-0.2, 0) is 6.54 Å². The monoisotopic (exact) mass is 345 g/mol. The van der Waals surface area contributed by atoms with E-state index in [1.807, 2.05) is 36.5 Å². The number of anilines is 1. The van der Waals surface area contributed by atoms with Gasteiger partial charge in [-0.3, -0.25) is 0 Å². The maximum Gasteiger partial charge on any atom is 0.125 e. The molecular weight excluding hydrogens is 333 g/mol. The average molecular weight is 346 g/mol. The predicted molar refractivity (Wildman–Crippen MR) is 85.0 cm³/mol. The highest BCUT2D eigenvalue weighted by atomic mass is 79.9. The summed E-state index contributed by atoms with van der Waals surface area (Å²) in [5.74, 6) is -0.255. The van der Waals surface area contributed by atoms with E-state index >= 15 is 0 Å². The lowest BCUT2D eigenvalue weighted by Gasteiger charge is -2.09. The molecule has 3 nitrogen and oxygen atoms in total. The summed E-state index contributed by atoms with van der Waals surface area (Å²) >= 11 is 3.40. The quantitative estimate of drug-likeness (QED) is 0.760. The molecule has 21 heavy (non-hydrogen) atoms. The van der Waals surface area contributed by atoms with Crippen LogP contribution in [0.3, 0.4) is 0 Å². The van der Waals surface area contributed by atoms with Crippen LogP contribution >= 0.6 is 15.9 Å². The molecule has 0 bridgehead atoms. The van der Waals surface area contributed by atoms with Crippen molar-refractivity contribution in [1.29, 1.82) is 0 Å². The van der Waals surface area contributed by atoms with Crippen LogP contribution in [-0.4, -0.2) is 9.78 Å². The van der Waals surface area contributed by atoms with E-state index in [0.717, 1.165) is 21.4 Å². The molecule has 1 N–H and O–H groups in total. The Labute approximate surface area is 130 Å². The lowest BCUT2D eigenvalue weighted by atomic mass is 10.2. The maximum atomic E-state index is 13.2. The van der Waals surface area contributed by atoms with Crippen LogP contribution in [0.1, 0.15) is 5.56 Å². The molecule has 0 saturated carbocycles. The van der Waals surface area contributed by atoms with Crippen molar-refractivity contribution in [2.75, 3.05) is 5.32 Å². The van der Waals surface area contributed by atoms with Crippen molar-refractivity contribution in [2.45, 2.75) is 6.54 Å². The molecule has 1 heterocycles. The first-order chi connectivity index (χ1) is 10.2.